The molecule has 0 saturated heterocycles. The molecular formula is C13H27N3O2. The molecule has 0 aromatic carbocycles. The Hall–Kier alpha value is -0.650. The van der Waals surface area contributed by atoms with Crippen LogP contribution in [0.5, 0.6) is 0 Å². The minimum Gasteiger partial charge on any atom is -0.385 e. The molecule has 1 amide bonds. The van der Waals surface area contributed by atoms with Gasteiger partial charge in [-0.3, -0.25) is 9.69 Å². The Labute approximate surface area is 110 Å². The Balaban J connectivity index is 2.22. The van der Waals surface area contributed by atoms with Gasteiger partial charge in [-0.05, 0) is 38.8 Å². The van der Waals surface area contributed by atoms with Crippen LogP contribution in [0.25, 0.3) is 0 Å². The van der Waals surface area contributed by atoms with E-state index in [4.69, 9.17) is 10.5 Å². The Morgan fingerprint density at radius 3 is 2.94 bits per heavy atom. The van der Waals surface area contributed by atoms with E-state index in [1.54, 1.807) is 7.11 Å². The lowest BCUT2D eigenvalue weighted by atomic mass is 10.0. The third-order valence-corrected chi connectivity index (χ3v) is 3.73. The second-order valence-corrected chi connectivity index (χ2v) is 5.11. The van der Waals surface area contributed by atoms with E-state index in [2.05, 4.69) is 10.2 Å². The number of likely N-dealkylation sites (N-methyl/N-ethyl adjacent to an activating group) is 1. The summed E-state index contributed by atoms with van der Waals surface area (Å²) in [5.74, 6) is 0.646. The molecule has 1 aliphatic carbocycles. The van der Waals surface area contributed by atoms with Gasteiger partial charge in [0.05, 0.1) is 6.54 Å². The third kappa shape index (κ3) is 4.92. The van der Waals surface area contributed by atoms with E-state index in [1.807, 2.05) is 7.05 Å². The van der Waals surface area contributed by atoms with Gasteiger partial charge in [0.15, 0.2) is 0 Å². The number of nitrogens with zero attached hydrogens (tertiary/aromatic N) is 1. The zero-order valence-corrected chi connectivity index (χ0v) is 11.7. The molecule has 1 saturated carbocycles. The SMILES string of the molecule is COCCCNC(=O)CN(C)C1CCCC1CN. The van der Waals surface area contributed by atoms with Gasteiger partial charge in [-0.2, -0.15) is 0 Å². The molecule has 5 nitrogen and oxygen atoms in total. The van der Waals surface area contributed by atoms with Gasteiger partial charge < -0.3 is 15.8 Å². The van der Waals surface area contributed by atoms with Crippen LogP contribution in [0.1, 0.15) is 25.7 Å². The summed E-state index contributed by atoms with van der Waals surface area (Å²) in [4.78, 5) is 13.9. The molecule has 0 radical (unpaired) electrons. The predicted octanol–water partition coefficient (Wildman–Crippen LogP) is 0.198. The van der Waals surface area contributed by atoms with Gasteiger partial charge >= 0.3 is 0 Å². The summed E-state index contributed by atoms with van der Waals surface area (Å²) >= 11 is 0. The first kappa shape index (κ1) is 15.4. The van der Waals surface area contributed by atoms with Crippen LogP contribution in [0.2, 0.25) is 0 Å². The number of hydrogen-bond acceptors (Lipinski definition) is 4. The molecule has 0 aliphatic heterocycles. The molecule has 1 rings (SSSR count). The second-order valence-electron chi connectivity index (χ2n) is 5.11. The topological polar surface area (TPSA) is 67.6 Å². The van der Waals surface area contributed by atoms with Crippen LogP contribution in [0.15, 0.2) is 0 Å². The number of nitrogens with two attached hydrogens (primary N) is 1. The fraction of sp³-hybridized carbons (Fsp3) is 0.923. The summed E-state index contributed by atoms with van der Waals surface area (Å²) in [5.41, 5.74) is 5.77. The smallest absolute Gasteiger partial charge is 0.234 e. The maximum atomic E-state index is 11.7. The quantitative estimate of drug-likeness (QED) is 0.610. The number of methoxy groups -OCH3 is 1. The minimum absolute atomic E-state index is 0.0938. The number of hydrogen-bond donors (Lipinski definition) is 2. The van der Waals surface area contributed by atoms with Crippen molar-refractivity contribution in [1.29, 1.82) is 0 Å². The van der Waals surface area contributed by atoms with Crippen LogP contribution in [-0.4, -0.2) is 57.2 Å². The van der Waals surface area contributed by atoms with Crippen molar-refractivity contribution in [2.45, 2.75) is 31.7 Å². The van der Waals surface area contributed by atoms with Crippen molar-refractivity contribution in [3.63, 3.8) is 0 Å². The molecule has 0 heterocycles. The molecule has 2 unspecified atom stereocenters. The lowest BCUT2D eigenvalue weighted by Crippen LogP contribution is -2.43. The number of nitrogens with one attached hydrogen (secondary N) is 1. The van der Waals surface area contributed by atoms with Crippen molar-refractivity contribution in [3.8, 4) is 0 Å². The molecule has 0 aromatic rings. The molecule has 3 N–H and O–H groups in total. The molecule has 106 valence electrons. The van der Waals surface area contributed by atoms with Crippen molar-refractivity contribution in [2.24, 2.45) is 11.7 Å². The molecule has 0 spiro atoms. The lowest BCUT2D eigenvalue weighted by Gasteiger charge is -2.28. The fourth-order valence-electron chi connectivity index (χ4n) is 2.72. The maximum absolute atomic E-state index is 11.7. The van der Waals surface area contributed by atoms with Crippen LogP contribution in [0, 0.1) is 5.92 Å². The highest BCUT2D eigenvalue weighted by Gasteiger charge is 2.29. The van der Waals surface area contributed by atoms with Gasteiger partial charge in [0, 0.05) is 26.3 Å². The van der Waals surface area contributed by atoms with Gasteiger partial charge in [-0.15, -0.1) is 0 Å². The second kappa shape index (κ2) is 8.45. The summed E-state index contributed by atoms with van der Waals surface area (Å²) < 4.78 is 4.94. The molecule has 1 fully saturated rings. The first-order valence-electron chi connectivity index (χ1n) is 6.85. The molecule has 5 heteroatoms. The van der Waals surface area contributed by atoms with Crippen LogP contribution in [-0.2, 0) is 9.53 Å². The summed E-state index contributed by atoms with van der Waals surface area (Å²) in [6, 6.07) is 0.472. The van der Waals surface area contributed by atoms with Gasteiger partial charge in [-0.25, -0.2) is 0 Å². The number of rotatable bonds is 8. The van der Waals surface area contributed by atoms with Crippen LogP contribution in [0.3, 0.4) is 0 Å². The van der Waals surface area contributed by atoms with E-state index in [9.17, 15) is 4.79 Å². The molecule has 0 bridgehead atoms. The van der Waals surface area contributed by atoms with Crippen molar-refractivity contribution in [3.05, 3.63) is 0 Å². The summed E-state index contributed by atoms with van der Waals surface area (Å²) in [5, 5.41) is 2.91. The van der Waals surface area contributed by atoms with Crippen molar-refractivity contribution >= 4 is 5.91 Å². The monoisotopic (exact) mass is 257 g/mol. The zero-order valence-electron chi connectivity index (χ0n) is 11.7. The Bertz CT molecular complexity index is 248. The van der Waals surface area contributed by atoms with E-state index >= 15 is 0 Å². The van der Waals surface area contributed by atoms with Gasteiger partial charge in [0.1, 0.15) is 0 Å². The average molecular weight is 257 g/mol. The summed E-state index contributed by atoms with van der Waals surface area (Å²) in [7, 11) is 3.69. The number of amides is 1. The largest absolute Gasteiger partial charge is 0.385 e. The van der Waals surface area contributed by atoms with Crippen LogP contribution in [0.4, 0.5) is 0 Å². The summed E-state index contributed by atoms with van der Waals surface area (Å²) in [6.07, 6.45) is 4.45. The average Bonchev–Trinajstić information content (AvgIpc) is 2.83. The van der Waals surface area contributed by atoms with E-state index in [1.165, 1.54) is 12.8 Å². The van der Waals surface area contributed by atoms with Crippen molar-refractivity contribution in [1.82, 2.24) is 10.2 Å². The van der Waals surface area contributed by atoms with E-state index in [0.29, 0.717) is 31.7 Å². The normalized spacial score (nSPS) is 23.6. The maximum Gasteiger partial charge on any atom is 0.234 e. The number of carbonyl (C=O) groups excluding carboxylic acids is 1. The predicted molar refractivity (Wildman–Crippen MR) is 72.3 cm³/mol. The Morgan fingerprint density at radius 2 is 2.28 bits per heavy atom. The van der Waals surface area contributed by atoms with Gasteiger partial charge in [0.2, 0.25) is 5.91 Å². The highest BCUT2D eigenvalue weighted by Crippen LogP contribution is 2.28. The fourth-order valence-corrected chi connectivity index (χ4v) is 2.72. The molecule has 1 aliphatic rings. The first-order chi connectivity index (χ1) is 8.69. The highest BCUT2D eigenvalue weighted by atomic mass is 16.5. The molecule has 0 aromatic heterocycles. The van der Waals surface area contributed by atoms with Crippen LogP contribution >= 0.6 is 0 Å². The zero-order chi connectivity index (χ0) is 13.4. The third-order valence-electron chi connectivity index (χ3n) is 3.73. The summed E-state index contributed by atoms with van der Waals surface area (Å²) in [6.45, 7) is 2.57. The van der Waals surface area contributed by atoms with Crippen molar-refractivity contribution < 1.29 is 9.53 Å². The Morgan fingerprint density at radius 1 is 1.50 bits per heavy atom. The van der Waals surface area contributed by atoms with E-state index in [0.717, 1.165) is 19.4 Å². The minimum atomic E-state index is 0.0938. The van der Waals surface area contributed by atoms with E-state index in [-0.39, 0.29) is 5.91 Å². The lowest BCUT2D eigenvalue weighted by molar-refractivity contribution is -0.122. The van der Waals surface area contributed by atoms with Crippen LogP contribution < -0.4 is 11.1 Å². The molecular weight excluding hydrogens is 230 g/mol. The van der Waals surface area contributed by atoms with E-state index < -0.39 is 0 Å². The van der Waals surface area contributed by atoms with Gasteiger partial charge in [-0.1, -0.05) is 6.42 Å². The Kier molecular flexibility index (Phi) is 7.23. The van der Waals surface area contributed by atoms with Gasteiger partial charge in [0.25, 0.3) is 0 Å². The van der Waals surface area contributed by atoms with Crippen molar-refractivity contribution in [2.75, 3.05) is 40.4 Å². The number of ether oxygens (including phenoxy) is 1. The molecule has 18 heavy (non-hydrogen) atoms. The first-order valence-corrected chi connectivity index (χ1v) is 6.85. The highest BCUT2D eigenvalue weighted by molar-refractivity contribution is 5.77. The molecule has 2 atom stereocenters. The standard InChI is InChI=1S/C13H27N3O2/c1-16(12-6-3-5-11(12)9-14)10-13(17)15-7-4-8-18-2/h11-12H,3-10,14H2,1-2H3,(H,15,17). The number of carbonyl (C=O) groups is 1.